The molecule has 7 heteroatoms. The Hall–Kier alpha value is -2.12. The number of rotatable bonds is 6. The van der Waals surface area contributed by atoms with Crippen LogP contribution in [-0.2, 0) is 17.6 Å². The van der Waals surface area contributed by atoms with Crippen molar-refractivity contribution in [2.75, 3.05) is 5.75 Å². The number of carbonyl (C=O) groups is 1. The highest BCUT2D eigenvalue weighted by Gasteiger charge is 2.26. The van der Waals surface area contributed by atoms with Gasteiger partial charge in [0.15, 0.2) is 11.0 Å². The number of thioether (sulfide) groups is 1. The molecule has 5 nitrogen and oxygen atoms in total. The van der Waals surface area contributed by atoms with Gasteiger partial charge in [0.25, 0.3) is 0 Å². The third-order valence-electron chi connectivity index (χ3n) is 6.47. The van der Waals surface area contributed by atoms with Crippen LogP contribution in [0.5, 0.6) is 0 Å². The SMILES string of the molecule is O=C(CSc1nnc(-c2ccccc2Br)n1C1CCCCC1)NC1Cc2ccccc2C1. The van der Waals surface area contributed by atoms with E-state index >= 15 is 0 Å². The van der Waals surface area contributed by atoms with Crippen molar-refractivity contribution in [2.45, 2.75) is 62.2 Å². The Bertz CT molecular complexity index is 1080. The molecule has 3 aromatic rings. The number of benzene rings is 2. The van der Waals surface area contributed by atoms with Crippen molar-refractivity contribution in [2.24, 2.45) is 0 Å². The number of halogens is 1. The predicted octanol–water partition coefficient (Wildman–Crippen LogP) is 5.59. The second-order valence-electron chi connectivity index (χ2n) is 8.68. The van der Waals surface area contributed by atoms with E-state index in [1.165, 1.54) is 42.2 Å². The molecular formula is C25H27BrN4OS. The van der Waals surface area contributed by atoms with E-state index in [0.717, 1.165) is 46.7 Å². The molecule has 1 heterocycles. The van der Waals surface area contributed by atoms with Crippen LogP contribution < -0.4 is 5.32 Å². The smallest absolute Gasteiger partial charge is 0.230 e. The van der Waals surface area contributed by atoms with Crippen LogP contribution in [0.25, 0.3) is 11.4 Å². The summed E-state index contributed by atoms with van der Waals surface area (Å²) < 4.78 is 3.29. The fourth-order valence-electron chi connectivity index (χ4n) is 4.93. The Labute approximate surface area is 201 Å². The number of nitrogens with zero attached hydrogens (tertiary/aromatic N) is 3. The molecule has 0 atom stereocenters. The van der Waals surface area contributed by atoms with Crippen molar-refractivity contribution in [3.63, 3.8) is 0 Å². The second kappa shape index (κ2) is 9.79. The van der Waals surface area contributed by atoms with E-state index in [4.69, 9.17) is 0 Å². The number of hydrogen-bond donors (Lipinski definition) is 1. The number of nitrogens with one attached hydrogen (secondary N) is 1. The largest absolute Gasteiger partial charge is 0.352 e. The van der Waals surface area contributed by atoms with E-state index in [0.29, 0.717) is 11.8 Å². The van der Waals surface area contributed by atoms with Gasteiger partial charge in [0.1, 0.15) is 0 Å². The van der Waals surface area contributed by atoms with Gasteiger partial charge in [0.05, 0.1) is 5.75 Å². The van der Waals surface area contributed by atoms with Crippen LogP contribution in [0.15, 0.2) is 58.2 Å². The Balaban J connectivity index is 1.30. The van der Waals surface area contributed by atoms with Gasteiger partial charge in [-0.3, -0.25) is 9.36 Å². The zero-order valence-electron chi connectivity index (χ0n) is 18.0. The summed E-state index contributed by atoms with van der Waals surface area (Å²) in [6.07, 6.45) is 7.84. The average Bonchev–Trinajstić information content (AvgIpc) is 3.42. The summed E-state index contributed by atoms with van der Waals surface area (Å²) in [7, 11) is 0. The number of amides is 1. The van der Waals surface area contributed by atoms with Crippen LogP contribution in [0.4, 0.5) is 0 Å². The van der Waals surface area contributed by atoms with Crippen LogP contribution in [0, 0.1) is 0 Å². The minimum absolute atomic E-state index is 0.0634. The van der Waals surface area contributed by atoms with Crippen molar-refractivity contribution < 1.29 is 4.79 Å². The normalized spacial score (nSPS) is 16.8. The van der Waals surface area contributed by atoms with Gasteiger partial charge >= 0.3 is 0 Å². The monoisotopic (exact) mass is 510 g/mol. The standard InChI is InChI=1S/C25H27BrN4OS/c26-22-13-7-6-12-21(22)24-28-29-25(30(24)20-10-2-1-3-11-20)32-16-23(31)27-19-14-17-8-4-5-9-18(17)15-19/h4-9,12-13,19-20H,1-3,10-11,14-16H2,(H,27,31). The predicted molar refractivity (Wildman–Crippen MR) is 132 cm³/mol. The van der Waals surface area contributed by atoms with Crippen LogP contribution >= 0.6 is 27.7 Å². The first-order valence-electron chi connectivity index (χ1n) is 11.4. The summed E-state index contributed by atoms with van der Waals surface area (Å²) >= 11 is 5.17. The first-order chi connectivity index (χ1) is 15.7. The maximum atomic E-state index is 12.7. The minimum atomic E-state index is 0.0634. The molecule has 2 aromatic carbocycles. The van der Waals surface area contributed by atoms with Crippen LogP contribution in [0.1, 0.15) is 49.3 Å². The number of fused-ring (bicyclic) bond motifs is 1. The molecule has 2 aliphatic rings. The van der Waals surface area contributed by atoms with Crippen LogP contribution in [-0.4, -0.2) is 32.5 Å². The fourth-order valence-corrected chi connectivity index (χ4v) is 6.21. The fraction of sp³-hybridized carbons (Fsp3) is 0.400. The highest BCUT2D eigenvalue weighted by molar-refractivity contribution is 9.10. The van der Waals surface area contributed by atoms with Crippen molar-refractivity contribution in [1.29, 1.82) is 0 Å². The maximum absolute atomic E-state index is 12.7. The lowest BCUT2D eigenvalue weighted by Crippen LogP contribution is -2.36. The molecule has 0 aliphatic heterocycles. The van der Waals surface area contributed by atoms with Gasteiger partial charge in [-0.05, 0) is 42.9 Å². The summed E-state index contributed by atoms with van der Waals surface area (Å²) in [5, 5.41) is 13.1. The summed E-state index contributed by atoms with van der Waals surface area (Å²) in [4.78, 5) is 12.7. The van der Waals surface area contributed by atoms with Crippen molar-refractivity contribution in [1.82, 2.24) is 20.1 Å². The summed E-state index contributed by atoms with van der Waals surface area (Å²) in [5.74, 6) is 1.31. The zero-order chi connectivity index (χ0) is 21.9. The summed E-state index contributed by atoms with van der Waals surface area (Å²) in [6.45, 7) is 0. The molecule has 0 radical (unpaired) electrons. The molecule has 2 aliphatic carbocycles. The van der Waals surface area contributed by atoms with E-state index in [2.05, 4.69) is 66.3 Å². The van der Waals surface area contributed by atoms with Gasteiger partial charge in [-0.25, -0.2) is 0 Å². The minimum Gasteiger partial charge on any atom is -0.352 e. The molecule has 1 saturated carbocycles. The lowest BCUT2D eigenvalue weighted by Gasteiger charge is -2.25. The molecule has 1 fully saturated rings. The second-order valence-corrected chi connectivity index (χ2v) is 10.5. The average molecular weight is 511 g/mol. The number of aromatic nitrogens is 3. The first kappa shape index (κ1) is 21.7. The van der Waals surface area contributed by atoms with Crippen LogP contribution in [0.2, 0.25) is 0 Å². The topological polar surface area (TPSA) is 59.8 Å². The summed E-state index contributed by atoms with van der Waals surface area (Å²) in [6, 6.07) is 17.2. The lowest BCUT2D eigenvalue weighted by molar-refractivity contribution is -0.119. The number of carbonyl (C=O) groups excluding carboxylic acids is 1. The zero-order valence-corrected chi connectivity index (χ0v) is 20.4. The Morgan fingerprint density at radius 1 is 1.00 bits per heavy atom. The third-order valence-corrected chi connectivity index (χ3v) is 8.10. The Morgan fingerprint density at radius 2 is 1.69 bits per heavy atom. The van der Waals surface area contributed by atoms with E-state index in [1.807, 2.05) is 18.2 Å². The molecule has 0 bridgehead atoms. The Kier molecular flexibility index (Phi) is 6.64. The molecule has 0 saturated heterocycles. The maximum Gasteiger partial charge on any atom is 0.230 e. The van der Waals surface area contributed by atoms with Gasteiger partial charge in [-0.1, -0.05) is 89.4 Å². The van der Waals surface area contributed by atoms with Gasteiger partial charge in [0, 0.05) is 22.1 Å². The Morgan fingerprint density at radius 3 is 2.41 bits per heavy atom. The third kappa shape index (κ3) is 4.64. The molecule has 1 amide bonds. The van der Waals surface area contributed by atoms with Crippen molar-refractivity contribution in [3.8, 4) is 11.4 Å². The van der Waals surface area contributed by atoms with E-state index in [-0.39, 0.29) is 11.9 Å². The van der Waals surface area contributed by atoms with Gasteiger partial charge in [0.2, 0.25) is 5.91 Å². The van der Waals surface area contributed by atoms with E-state index in [9.17, 15) is 4.79 Å². The highest BCUT2D eigenvalue weighted by atomic mass is 79.9. The molecule has 0 spiro atoms. The van der Waals surface area contributed by atoms with E-state index < -0.39 is 0 Å². The molecule has 5 rings (SSSR count). The van der Waals surface area contributed by atoms with Crippen LogP contribution in [0.3, 0.4) is 0 Å². The van der Waals surface area contributed by atoms with Gasteiger partial charge in [-0.2, -0.15) is 0 Å². The molecular weight excluding hydrogens is 484 g/mol. The highest BCUT2D eigenvalue weighted by Crippen LogP contribution is 2.37. The van der Waals surface area contributed by atoms with Gasteiger partial charge < -0.3 is 5.32 Å². The van der Waals surface area contributed by atoms with Gasteiger partial charge in [-0.15, -0.1) is 10.2 Å². The molecule has 1 N–H and O–H groups in total. The molecule has 1 aromatic heterocycles. The molecule has 166 valence electrons. The lowest BCUT2D eigenvalue weighted by atomic mass is 9.95. The quantitative estimate of drug-likeness (QED) is 0.439. The molecule has 32 heavy (non-hydrogen) atoms. The summed E-state index contributed by atoms with van der Waals surface area (Å²) in [5.41, 5.74) is 3.74. The van der Waals surface area contributed by atoms with Crippen molar-refractivity contribution >= 4 is 33.6 Å². The number of hydrogen-bond acceptors (Lipinski definition) is 4. The molecule has 0 unspecified atom stereocenters. The van der Waals surface area contributed by atoms with E-state index in [1.54, 1.807) is 0 Å². The first-order valence-corrected chi connectivity index (χ1v) is 13.2. The van der Waals surface area contributed by atoms with Crippen molar-refractivity contribution in [3.05, 3.63) is 64.1 Å².